The molecular formula is C22H21ClFN3O. The monoisotopic (exact) mass is 397 g/mol. The van der Waals surface area contributed by atoms with Gasteiger partial charge in [0.05, 0.1) is 5.69 Å². The molecule has 0 bridgehead atoms. The second-order valence-electron chi connectivity index (χ2n) is 7.04. The molecule has 0 saturated carbocycles. The zero-order chi connectivity index (χ0) is 19.7. The van der Waals surface area contributed by atoms with Crippen LogP contribution in [0.4, 0.5) is 10.1 Å². The minimum atomic E-state index is -0.328. The highest BCUT2D eigenvalue weighted by molar-refractivity contribution is 6.30. The molecule has 3 aromatic rings. The standard InChI is InChI=1S/C22H21ClFN3O/c1-26(18-12-10-17(24)11-13-18)22(28)20-19-5-3-2-4-14-27(19)21(25-20)15-6-8-16(23)9-7-15/h6-13H,2-5,14H2,1H3. The predicted octanol–water partition coefficient (Wildman–Crippen LogP) is 5.35. The van der Waals surface area contributed by atoms with E-state index in [0.29, 0.717) is 16.4 Å². The topological polar surface area (TPSA) is 38.1 Å². The molecule has 0 spiro atoms. The number of imidazole rings is 1. The summed E-state index contributed by atoms with van der Waals surface area (Å²) < 4.78 is 15.4. The van der Waals surface area contributed by atoms with E-state index in [1.165, 1.54) is 17.0 Å². The second kappa shape index (κ2) is 7.76. The van der Waals surface area contributed by atoms with Gasteiger partial charge in [-0.15, -0.1) is 0 Å². The molecule has 2 heterocycles. The minimum absolute atomic E-state index is 0.183. The van der Waals surface area contributed by atoms with Crippen molar-refractivity contribution in [3.63, 3.8) is 0 Å². The number of halogens is 2. The molecule has 6 heteroatoms. The Labute approximate surface area is 168 Å². The number of nitrogens with zero attached hydrogens (tertiary/aromatic N) is 3. The van der Waals surface area contributed by atoms with E-state index in [-0.39, 0.29) is 11.7 Å². The Balaban J connectivity index is 1.77. The highest BCUT2D eigenvalue weighted by atomic mass is 35.5. The van der Waals surface area contributed by atoms with Gasteiger partial charge in [-0.05, 0) is 67.8 Å². The number of benzene rings is 2. The highest BCUT2D eigenvalue weighted by Gasteiger charge is 2.26. The van der Waals surface area contributed by atoms with Crippen molar-refractivity contribution >= 4 is 23.2 Å². The Hall–Kier alpha value is -2.66. The molecule has 144 valence electrons. The van der Waals surface area contributed by atoms with Gasteiger partial charge in [-0.1, -0.05) is 18.0 Å². The molecule has 0 atom stereocenters. The van der Waals surface area contributed by atoms with Gasteiger partial charge in [-0.3, -0.25) is 4.79 Å². The van der Waals surface area contributed by atoms with E-state index in [0.717, 1.165) is 49.3 Å². The van der Waals surface area contributed by atoms with Crippen molar-refractivity contribution in [2.24, 2.45) is 0 Å². The Morgan fingerprint density at radius 1 is 1.07 bits per heavy atom. The zero-order valence-electron chi connectivity index (χ0n) is 15.7. The largest absolute Gasteiger partial charge is 0.327 e. The molecule has 4 nitrogen and oxygen atoms in total. The number of hydrogen-bond donors (Lipinski definition) is 0. The Morgan fingerprint density at radius 2 is 1.79 bits per heavy atom. The van der Waals surface area contributed by atoms with E-state index in [1.54, 1.807) is 19.2 Å². The first-order valence-electron chi connectivity index (χ1n) is 9.43. The fourth-order valence-electron chi connectivity index (χ4n) is 3.65. The maximum atomic E-state index is 13.2. The summed E-state index contributed by atoms with van der Waals surface area (Å²) in [4.78, 5) is 19.5. The number of hydrogen-bond acceptors (Lipinski definition) is 2. The van der Waals surface area contributed by atoms with Crippen molar-refractivity contribution in [1.29, 1.82) is 0 Å². The molecule has 1 amide bonds. The van der Waals surface area contributed by atoms with E-state index in [2.05, 4.69) is 4.57 Å². The smallest absolute Gasteiger partial charge is 0.278 e. The first-order chi connectivity index (χ1) is 13.5. The van der Waals surface area contributed by atoms with E-state index in [9.17, 15) is 9.18 Å². The summed E-state index contributed by atoms with van der Waals surface area (Å²) in [7, 11) is 1.69. The molecule has 0 aliphatic carbocycles. The van der Waals surface area contributed by atoms with Gasteiger partial charge in [0.15, 0.2) is 5.69 Å². The van der Waals surface area contributed by atoms with Gasteiger partial charge in [-0.2, -0.15) is 0 Å². The molecule has 0 saturated heterocycles. The summed E-state index contributed by atoms with van der Waals surface area (Å²) in [5.41, 5.74) is 3.02. The summed E-state index contributed by atoms with van der Waals surface area (Å²) in [5.74, 6) is 0.285. The van der Waals surface area contributed by atoms with Crippen LogP contribution in [0, 0.1) is 5.82 Å². The van der Waals surface area contributed by atoms with Crippen molar-refractivity contribution in [2.45, 2.75) is 32.2 Å². The zero-order valence-corrected chi connectivity index (χ0v) is 16.4. The summed E-state index contributed by atoms with van der Waals surface area (Å²) in [6, 6.07) is 13.4. The lowest BCUT2D eigenvalue weighted by molar-refractivity contribution is 0.0987. The van der Waals surface area contributed by atoms with Gasteiger partial charge >= 0.3 is 0 Å². The van der Waals surface area contributed by atoms with Gasteiger partial charge in [0.25, 0.3) is 5.91 Å². The van der Waals surface area contributed by atoms with Gasteiger partial charge in [0, 0.05) is 29.9 Å². The van der Waals surface area contributed by atoms with Crippen molar-refractivity contribution in [2.75, 3.05) is 11.9 Å². The van der Waals surface area contributed by atoms with Crippen LogP contribution in [0.2, 0.25) is 5.02 Å². The molecule has 1 aliphatic rings. The fraction of sp³-hybridized carbons (Fsp3) is 0.273. The minimum Gasteiger partial charge on any atom is -0.327 e. The van der Waals surface area contributed by atoms with E-state index in [1.807, 2.05) is 24.3 Å². The fourth-order valence-corrected chi connectivity index (χ4v) is 3.78. The molecular weight excluding hydrogens is 377 g/mol. The maximum Gasteiger partial charge on any atom is 0.278 e. The number of fused-ring (bicyclic) bond motifs is 1. The summed E-state index contributed by atoms with van der Waals surface area (Å²) in [5, 5.41) is 0.665. The molecule has 0 fully saturated rings. The third kappa shape index (κ3) is 3.54. The van der Waals surface area contributed by atoms with Crippen molar-refractivity contribution in [3.8, 4) is 11.4 Å². The van der Waals surface area contributed by atoms with Crippen LogP contribution in [-0.2, 0) is 13.0 Å². The summed E-state index contributed by atoms with van der Waals surface area (Å²) in [6.45, 7) is 0.841. The molecule has 1 aliphatic heterocycles. The number of carbonyl (C=O) groups excluding carboxylic acids is 1. The molecule has 4 rings (SSSR count). The molecule has 0 unspecified atom stereocenters. The van der Waals surface area contributed by atoms with Crippen molar-refractivity contribution in [1.82, 2.24) is 9.55 Å². The second-order valence-corrected chi connectivity index (χ2v) is 7.48. The van der Waals surface area contributed by atoms with Crippen molar-refractivity contribution < 1.29 is 9.18 Å². The Morgan fingerprint density at radius 3 is 2.50 bits per heavy atom. The van der Waals surface area contributed by atoms with E-state index >= 15 is 0 Å². The van der Waals surface area contributed by atoms with Crippen LogP contribution in [0.1, 0.15) is 35.4 Å². The van der Waals surface area contributed by atoms with Crippen LogP contribution in [-0.4, -0.2) is 22.5 Å². The van der Waals surface area contributed by atoms with E-state index < -0.39 is 0 Å². The molecule has 2 aromatic carbocycles. The summed E-state index contributed by atoms with van der Waals surface area (Å²) >= 11 is 6.03. The normalized spacial score (nSPS) is 13.7. The number of amides is 1. The predicted molar refractivity (Wildman–Crippen MR) is 109 cm³/mol. The SMILES string of the molecule is CN(C(=O)c1nc(-c2ccc(Cl)cc2)n2c1CCCCC2)c1ccc(F)cc1. The third-order valence-corrected chi connectivity index (χ3v) is 5.44. The van der Waals surface area contributed by atoms with Gasteiger partial charge in [0.2, 0.25) is 0 Å². The highest BCUT2D eigenvalue weighted by Crippen LogP contribution is 2.29. The number of carbonyl (C=O) groups is 1. The lowest BCUT2D eigenvalue weighted by atomic mass is 10.1. The molecule has 0 radical (unpaired) electrons. The van der Waals surface area contributed by atoms with Crippen LogP contribution in [0.5, 0.6) is 0 Å². The number of aromatic nitrogens is 2. The molecule has 28 heavy (non-hydrogen) atoms. The first kappa shape index (κ1) is 18.7. The third-order valence-electron chi connectivity index (χ3n) is 5.19. The van der Waals surface area contributed by atoms with Crippen LogP contribution in [0.3, 0.4) is 0 Å². The van der Waals surface area contributed by atoms with Gasteiger partial charge in [0.1, 0.15) is 11.6 Å². The Bertz CT molecular complexity index is 996. The van der Waals surface area contributed by atoms with Gasteiger partial charge < -0.3 is 9.47 Å². The average Bonchev–Trinajstić information content (AvgIpc) is 2.89. The maximum absolute atomic E-state index is 13.2. The molecule has 1 aromatic heterocycles. The summed E-state index contributed by atoms with van der Waals surface area (Å²) in [6.07, 6.45) is 4.04. The number of rotatable bonds is 3. The van der Waals surface area contributed by atoms with Gasteiger partial charge in [-0.25, -0.2) is 9.37 Å². The Kier molecular flexibility index (Phi) is 5.18. The first-order valence-corrected chi connectivity index (χ1v) is 9.81. The van der Waals surface area contributed by atoms with Crippen LogP contribution in [0.25, 0.3) is 11.4 Å². The average molecular weight is 398 g/mol. The van der Waals surface area contributed by atoms with Crippen LogP contribution in [0.15, 0.2) is 48.5 Å². The molecule has 0 N–H and O–H groups in total. The van der Waals surface area contributed by atoms with Crippen LogP contribution < -0.4 is 4.90 Å². The lowest BCUT2D eigenvalue weighted by Crippen LogP contribution is -2.27. The quantitative estimate of drug-likeness (QED) is 0.597. The van der Waals surface area contributed by atoms with Crippen molar-refractivity contribution in [3.05, 3.63) is 70.8 Å². The van der Waals surface area contributed by atoms with E-state index in [4.69, 9.17) is 16.6 Å². The van der Waals surface area contributed by atoms with Crippen LogP contribution >= 0.6 is 11.6 Å². The lowest BCUT2D eigenvalue weighted by Gasteiger charge is -2.17. The number of anilines is 1.